The van der Waals surface area contributed by atoms with E-state index in [2.05, 4.69) is 40.7 Å². The third-order valence-electron chi connectivity index (χ3n) is 4.15. The number of aryl methyl sites for hydroxylation is 1. The van der Waals surface area contributed by atoms with Gasteiger partial charge in [0.05, 0.1) is 10.7 Å². The third kappa shape index (κ3) is 3.59. The van der Waals surface area contributed by atoms with Crippen LogP contribution in [0.25, 0.3) is 0 Å². The van der Waals surface area contributed by atoms with Gasteiger partial charge in [-0.3, -0.25) is 0 Å². The molecule has 23 heavy (non-hydrogen) atoms. The Balaban J connectivity index is 1.50. The van der Waals surface area contributed by atoms with Crippen LogP contribution < -0.4 is 15.5 Å². The number of hydrogen-bond donors (Lipinski definition) is 2. The van der Waals surface area contributed by atoms with Crippen LogP contribution >= 0.6 is 11.6 Å². The van der Waals surface area contributed by atoms with Gasteiger partial charge in [-0.05, 0) is 42.7 Å². The van der Waals surface area contributed by atoms with E-state index in [-0.39, 0.29) is 6.03 Å². The van der Waals surface area contributed by atoms with Gasteiger partial charge in [-0.25, -0.2) is 4.79 Å². The molecule has 0 unspecified atom stereocenters. The van der Waals surface area contributed by atoms with Gasteiger partial charge in [0, 0.05) is 25.3 Å². The minimum atomic E-state index is -0.234. The highest BCUT2D eigenvalue weighted by Crippen LogP contribution is 2.29. The zero-order valence-corrected chi connectivity index (χ0v) is 13.9. The van der Waals surface area contributed by atoms with Crippen LogP contribution in [0.15, 0.2) is 42.5 Å². The molecule has 1 heterocycles. The fourth-order valence-corrected chi connectivity index (χ4v) is 3.12. The first-order valence-electron chi connectivity index (χ1n) is 7.78. The molecule has 0 radical (unpaired) electrons. The first-order valence-corrected chi connectivity index (χ1v) is 8.16. The Kier molecular flexibility index (Phi) is 4.72. The highest BCUT2D eigenvalue weighted by molar-refractivity contribution is 6.33. The number of para-hydroxylation sites is 1. The molecule has 0 saturated heterocycles. The number of carbonyl (C=O) groups excluding carboxylic acids is 1. The summed E-state index contributed by atoms with van der Waals surface area (Å²) in [5.74, 6) is 0. The van der Waals surface area contributed by atoms with Crippen molar-refractivity contribution in [1.29, 1.82) is 0 Å². The molecule has 2 amide bonds. The highest BCUT2D eigenvalue weighted by atomic mass is 35.5. The molecule has 1 aliphatic rings. The van der Waals surface area contributed by atoms with Crippen LogP contribution in [-0.2, 0) is 6.42 Å². The Morgan fingerprint density at radius 2 is 2.04 bits per heavy atom. The molecule has 2 N–H and O–H groups in total. The first-order chi connectivity index (χ1) is 11.1. The van der Waals surface area contributed by atoms with Gasteiger partial charge >= 0.3 is 6.03 Å². The van der Waals surface area contributed by atoms with Crippen molar-refractivity contribution >= 4 is 29.0 Å². The number of urea groups is 1. The lowest BCUT2D eigenvalue weighted by molar-refractivity contribution is 0.252. The molecule has 3 rings (SSSR count). The Morgan fingerprint density at radius 1 is 1.22 bits per heavy atom. The fourth-order valence-electron chi connectivity index (χ4n) is 2.94. The zero-order valence-electron chi connectivity index (χ0n) is 13.1. The van der Waals surface area contributed by atoms with Gasteiger partial charge in [-0.15, -0.1) is 0 Å². The number of hydrogen-bond acceptors (Lipinski definition) is 2. The molecule has 2 aromatic rings. The summed E-state index contributed by atoms with van der Waals surface area (Å²) in [7, 11) is 0. The number of carbonyl (C=O) groups is 1. The van der Waals surface area contributed by atoms with Crippen molar-refractivity contribution in [2.24, 2.45) is 0 Å². The van der Waals surface area contributed by atoms with Crippen LogP contribution in [0.2, 0.25) is 5.02 Å². The first kappa shape index (κ1) is 15.7. The lowest BCUT2D eigenvalue weighted by atomic mass is 10.1. The van der Waals surface area contributed by atoms with E-state index in [1.165, 1.54) is 16.8 Å². The minimum Gasteiger partial charge on any atom is -0.369 e. The smallest absolute Gasteiger partial charge is 0.319 e. The Bertz CT molecular complexity index is 717. The second-order valence-corrected chi connectivity index (χ2v) is 6.08. The zero-order chi connectivity index (χ0) is 16.2. The number of benzene rings is 2. The molecule has 0 fully saturated rings. The molecule has 0 saturated carbocycles. The van der Waals surface area contributed by atoms with E-state index < -0.39 is 0 Å². The summed E-state index contributed by atoms with van der Waals surface area (Å²) >= 11 is 6.03. The molecule has 0 spiro atoms. The van der Waals surface area contributed by atoms with Crippen LogP contribution in [0.1, 0.15) is 11.1 Å². The van der Waals surface area contributed by atoms with Gasteiger partial charge in [-0.2, -0.15) is 0 Å². The maximum atomic E-state index is 11.9. The van der Waals surface area contributed by atoms with Crippen molar-refractivity contribution in [2.75, 3.05) is 29.9 Å². The van der Waals surface area contributed by atoms with Crippen molar-refractivity contribution in [1.82, 2.24) is 5.32 Å². The molecule has 0 aliphatic carbocycles. The van der Waals surface area contributed by atoms with Gasteiger partial charge < -0.3 is 15.5 Å². The predicted octanol–water partition coefficient (Wildman–Crippen LogP) is 3.83. The molecular formula is C18H20ClN3O. The van der Waals surface area contributed by atoms with E-state index in [4.69, 9.17) is 11.6 Å². The SMILES string of the molecule is Cc1cccc2c1CCN2CCNC(=O)Nc1ccccc1Cl. The number of nitrogens with one attached hydrogen (secondary N) is 2. The number of nitrogens with zero attached hydrogens (tertiary/aromatic N) is 1. The normalized spacial score (nSPS) is 12.9. The summed E-state index contributed by atoms with van der Waals surface area (Å²) in [6.07, 6.45) is 1.08. The topological polar surface area (TPSA) is 44.4 Å². The molecule has 4 nitrogen and oxygen atoms in total. The number of halogens is 1. The average Bonchev–Trinajstić information content (AvgIpc) is 2.94. The average molecular weight is 330 g/mol. The number of anilines is 2. The highest BCUT2D eigenvalue weighted by Gasteiger charge is 2.19. The summed E-state index contributed by atoms with van der Waals surface area (Å²) in [5.41, 5.74) is 4.68. The summed E-state index contributed by atoms with van der Waals surface area (Å²) in [5, 5.41) is 6.18. The van der Waals surface area contributed by atoms with Crippen molar-refractivity contribution in [3.05, 3.63) is 58.6 Å². The van der Waals surface area contributed by atoms with Gasteiger partial charge in [0.15, 0.2) is 0 Å². The molecular weight excluding hydrogens is 310 g/mol. The number of amides is 2. The molecule has 0 aromatic heterocycles. The Hall–Kier alpha value is -2.20. The van der Waals surface area contributed by atoms with Crippen molar-refractivity contribution in [2.45, 2.75) is 13.3 Å². The summed E-state index contributed by atoms with van der Waals surface area (Å²) in [4.78, 5) is 14.3. The minimum absolute atomic E-state index is 0.234. The van der Waals surface area contributed by atoms with E-state index in [0.717, 1.165) is 19.5 Å². The van der Waals surface area contributed by atoms with Crippen LogP contribution in [0.3, 0.4) is 0 Å². The standard InChI is InChI=1S/C18H20ClN3O/c1-13-5-4-8-17-14(13)9-11-22(17)12-10-20-18(23)21-16-7-3-2-6-15(16)19/h2-8H,9-12H2,1H3,(H2,20,21,23). The lowest BCUT2D eigenvalue weighted by Crippen LogP contribution is -2.36. The van der Waals surface area contributed by atoms with Crippen molar-refractivity contribution in [3.63, 3.8) is 0 Å². The largest absolute Gasteiger partial charge is 0.369 e. The van der Waals surface area contributed by atoms with Gasteiger partial charge in [0.2, 0.25) is 0 Å². The number of fused-ring (bicyclic) bond motifs is 1. The molecule has 0 bridgehead atoms. The monoisotopic (exact) mass is 329 g/mol. The van der Waals surface area contributed by atoms with Gasteiger partial charge in [-0.1, -0.05) is 35.9 Å². The van der Waals surface area contributed by atoms with Crippen molar-refractivity contribution in [3.8, 4) is 0 Å². The van der Waals surface area contributed by atoms with E-state index >= 15 is 0 Å². The van der Waals surface area contributed by atoms with Gasteiger partial charge in [0.25, 0.3) is 0 Å². The Labute approximate surface area is 141 Å². The second kappa shape index (κ2) is 6.92. The van der Waals surface area contributed by atoms with E-state index in [1.807, 2.05) is 12.1 Å². The van der Waals surface area contributed by atoms with E-state index in [1.54, 1.807) is 12.1 Å². The van der Waals surface area contributed by atoms with Gasteiger partial charge in [0.1, 0.15) is 0 Å². The molecule has 1 aliphatic heterocycles. The van der Waals surface area contributed by atoms with Crippen LogP contribution in [0.5, 0.6) is 0 Å². The van der Waals surface area contributed by atoms with Crippen LogP contribution in [-0.4, -0.2) is 25.7 Å². The molecule has 0 atom stereocenters. The maximum Gasteiger partial charge on any atom is 0.319 e. The molecule has 120 valence electrons. The quantitative estimate of drug-likeness (QED) is 0.895. The summed E-state index contributed by atoms with van der Waals surface area (Å²) in [6, 6.07) is 13.4. The van der Waals surface area contributed by atoms with Crippen molar-refractivity contribution < 1.29 is 4.79 Å². The number of rotatable bonds is 4. The predicted molar refractivity (Wildman–Crippen MR) is 95.6 cm³/mol. The van der Waals surface area contributed by atoms with E-state index in [9.17, 15) is 4.79 Å². The summed E-state index contributed by atoms with van der Waals surface area (Å²) < 4.78 is 0. The van der Waals surface area contributed by atoms with Crippen LogP contribution in [0.4, 0.5) is 16.2 Å². The summed E-state index contributed by atoms with van der Waals surface area (Å²) in [6.45, 7) is 4.54. The maximum absolute atomic E-state index is 11.9. The second-order valence-electron chi connectivity index (χ2n) is 5.67. The lowest BCUT2D eigenvalue weighted by Gasteiger charge is -2.20. The third-order valence-corrected chi connectivity index (χ3v) is 4.48. The Morgan fingerprint density at radius 3 is 2.87 bits per heavy atom. The van der Waals surface area contributed by atoms with E-state index in [0.29, 0.717) is 17.3 Å². The fraction of sp³-hybridized carbons (Fsp3) is 0.278. The molecule has 5 heteroatoms. The van der Waals surface area contributed by atoms with Crippen LogP contribution in [0, 0.1) is 6.92 Å². The molecule has 2 aromatic carbocycles.